The van der Waals surface area contributed by atoms with Crippen molar-refractivity contribution in [2.45, 2.75) is 72.3 Å². The van der Waals surface area contributed by atoms with Crippen molar-refractivity contribution in [3.05, 3.63) is 0 Å². The van der Waals surface area contributed by atoms with Gasteiger partial charge < -0.3 is 11.1 Å². The lowest BCUT2D eigenvalue weighted by Crippen LogP contribution is -2.41. The molecule has 1 atom stereocenters. The van der Waals surface area contributed by atoms with Gasteiger partial charge in [-0.1, -0.05) is 34.1 Å². The average Bonchev–Trinajstić information content (AvgIpc) is 2.56. The average molecular weight is 254 g/mol. The third-order valence-electron chi connectivity index (χ3n) is 4.44. The Balaban J connectivity index is 2.34. The summed E-state index contributed by atoms with van der Waals surface area (Å²) in [6, 6.07) is 0.364. The fraction of sp³-hybridized carbons (Fsp3) is 0.933. The van der Waals surface area contributed by atoms with E-state index in [1.807, 2.05) is 0 Å². The third kappa shape index (κ3) is 4.60. The summed E-state index contributed by atoms with van der Waals surface area (Å²) in [4.78, 5) is 12.0. The Morgan fingerprint density at radius 1 is 1.39 bits per heavy atom. The Morgan fingerprint density at radius 2 is 2.06 bits per heavy atom. The minimum atomic E-state index is 0.178. The molecule has 0 heterocycles. The van der Waals surface area contributed by atoms with Crippen molar-refractivity contribution in [1.29, 1.82) is 0 Å². The highest BCUT2D eigenvalue weighted by Gasteiger charge is 2.35. The second kappa shape index (κ2) is 6.05. The number of hydrogen-bond acceptors (Lipinski definition) is 2. The molecule has 0 spiro atoms. The van der Waals surface area contributed by atoms with E-state index in [-0.39, 0.29) is 16.7 Å². The first-order valence-corrected chi connectivity index (χ1v) is 7.26. The molecule has 1 aliphatic carbocycles. The number of nitrogens with one attached hydrogen (secondary N) is 1. The van der Waals surface area contributed by atoms with E-state index in [0.29, 0.717) is 19.0 Å². The van der Waals surface area contributed by atoms with Crippen LogP contribution >= 0.6 is 0 Å². The van der Waals surface area contributed by atoms with Crippen LogP contribution in [0.4, 0.5) is 0 Å². The molecule has 1 fully saturated rings. The number of amides is 1. The van der Waals surface area contributed by atoms with Crippen LogP contribution in [-0.4, -0.2) is 18.5 Å². The van der Waals surface area contributed by atoms with Crippen molar-refractivity contribution in [3.8, 4) is 0 Å². The summed E-state index contributed by atoms with van der Waals surface area (Å²) in [7, 11) is 0. The van der Waals surface area contributed by atoms with Crippen LogP contribution in [0.5, 0.6) is 0 Å². The summed E-state index contributed by atoms with van der Waals surface area (Å²) in [5.41, 5.74) is 6.03. The first-order chi connectivity index (χ1) is 8.27. The van der Waals surface area contributed by atoms with Crippen LogP contribution in [0.25, 0.3) is 0 Å². The van der Waals surface area contributed by atoms with Gasteiger partial charge in [-0.2, -0.15) is 0 Å². The van der Waals surface area contributed by atoms with Crippen LogP contribution in [0.2, 0.25) is 0 Å². The fourth-order valence-corrected chi connectivity index (χ4v) is 2.83. The van der Waals surface area contributed by atoms with E-state index < -0.39 is 0 Å². The molecule has 0 saturated heterocycles. The zero-order chi connectivity index (χ0) is 13.8. The summed E-state index contributed by atoms with van der Waals surface area (Å²) < 4.78 is 0. The molecule has 3 N–H and O–H groups in total. The van der Waals surface area contributed by atoms with Gasteiger partial charge in [0.15, 0.2) is 0 Å². The highest BCUT2D eigenvalue weighted by Crippen LogP contribution is 2.37. The molecule has 1 saturated carbocycles. The van der Waals surface area contributed by atoms with Crippen LogP contribution in [-0.2, 0) is 4.79 Å². The SMILES string of the molecule is CC(C)(CCN)CCC(=O)NC1CCCC1(C)C. The minimum absolute atomic E-state index is 0.178. The van der Waals surface area contributed by atoms with Gasteiger partial charge in [0.05, 0.1) is 0 Å². The second-order valence-electron chi connectivity index (χ2n) is 7.20. The van der Waals surface area contributed by atoms with Crippen LogP contribution in [0.3, 0.4) is 0 Å². The number of nitrogens with two attached hydrogens (primary N) is 1. The second-order valence-corrected chi connectivity index (χ2v) is 7.20. The Labute approximate surface area is 112 Å². The van der Waals surface area contributed by atoms with Crippen molar-refractivity contribution in [2.24, 2.45) is 16.6 Å². The monoisotopic (exact) mass is 254 g/mol. The molecule has 18 heavy (non-hydrogen) atoms. The highest BCUT2D eigenvalue weighted by molar-refractivity contribution is 5.76. The molecule has 1 unspecified atom stereocenters. The molecule has 1 aliphatic rings. The van der Waals surface area contributed by atoms with E-state index in [0.717, 1.165) is 19.3 Å². The predicted molar refractivity (Wildman–Crippen MR) is 76.2 cm³/mol. The molecule has 0 aromatic heterocycles. The maximum absolute atomic E-state index is 12.0. The van der Waals surface area contributed by atoms with Gasteiger partial charge in [-0.25, -0.2) is 0 Å². The standard InChI is InChI=1S/C15H30N2O/c1-14(2,10-11-16)9-7-13(18)17-12-6-5-8-15(12,3)4/h12H,5-11,16H2,1-4H3,(H,17,18). The highest BCUT2D eigenvalue weighted by atomic mass is 16.1. The lowest BCUT2D eigenvalue weighted by molar-refractivity contribution is -0.123. The number of carbonyl (C=O) groups excluding carboxylic acids is 1. The summed E-state index contributed by atoms with van der Waals surface area (Å²) in [5, 5.41) is 3.21. The van der Waals surface area contributed by atoms with E-state index in [1.165, 1.54) is 12.8 Å². The Morgan fingerprint density at radius 3 is 2.56 bits per heavy atom. The van der Waals surface area contributed by atoms with E-state index >= 15 is 0 Å². The minimum Gasteiger partial charge on any atom is -0.353 e. The fourth-order valence-electron chi connectivity index (χ4n) is 2.83. The Hall–Kier alpha value is -0.570. The van der Waals surface area contributed by atoms with Gasteiger partial charge in [-0.15, -0.1) is 0 Å². The third-order valence-corrected chi connectivity index (χ3v) is 4.44. The number of carbonyl (C=O) groups is 1. The van der Waals surface area contributed by atoms with Crippen LogP contribution in [0.15, 0.2) is 0 Å². The molecule has 0 aromatic rings. The van der Waals surface area contributed by atoms with Crippen molar-refractivity contribution in [1.82, 2.24) is 5.32 Å². The first-order valence-electron chi connectivity index (χ1n) is 7.26. The molecular formula is C15H30N2O. The lowest BCUT2D eigenvalue weighted by Gasteiger charge is -2.29. The summed E-state index contributed by atoms with van der Waals surface area (Å²) in [5.74, 6) is 0.208. The van der Waals surface area contributed by atoms with Crippen molar-refractivity contribution in [3.63, 3.8) is 0 Å². The molecule has 1 amide bonds. The zero-order valence-corrected chi connectivity index (χ0v) is 12.5. The van der Waals surface area contributed by atoms with E-state index in [2.05, 4.69) is 33.0 Å². The van der Waals surface area contributed by atoms with E-state index in [9.17, 15) is 4.79 Å². The van der Waals surface area contributed by atoms with Gasteiger partial charge in [-0.05, 0) is 43.1 Å². The predicted octanol–water partition coefficient (Wildman–Crippen LogP) is 2.84. The summed E-state index contributed by atoms with van der Waals surface area (Å²) >= 11 is 0. The molecule has 0 radical (unpaired) electrons. The largest absolute Gasteiger partial charge is 0.353 e. The van der Waals surface area contributed by atoms with Gasteiger partial charge in [-0.3, -0.25) is 4.79 Å². The number of rotatable bonds is 6. The van der Waals surface area contributed by atoms with Crippen LogP contribution in [0.1, 0.15) is 66.2 Å². The first kappa shape index (κ1) is 15.5. The lowest BCUT2D eigenvalue weighted by atomic mass is 9.84. The van der Waals surface area contributed by atoms with Crippen molar-refractivity contribution in [2.75, 3.05) is 6.54 Å². The molecular weight excluding hydrogens is 224 g/mol. The summed E-state index contributed by atoms with van der Waals surface area (Å²) in [6.45, 7) is 9.58. The maximum Gasteiger partial charge on any atom is 0.220 e. The number of hydrogen-bond donors (Lipinski definition) is 2. The van der Waals surface area contributed by atoms with Crippen LogP contribution in [0, 0.1) is 10.8 Å². The molecule has 3 nitrogen and oxygen atoms in total. The smallest absolute Gasteiger partial charge is 0.220 e. The normalized spacial score (nSPS) is 23.1. The van der Waals surface area contributed by atoms with Gasteiger partial charge in [0, 0.05) is 12.5 Å². The van der Waals surface area contributed by atoms with Crippen molar-refractivity contribution >= 4 is 5.91 Å². The van der Waals surface area contributed by atoms with Crippen LogP contribution < -0.4 is 11.1 Å². The van der Waals surface area contributed by atoms with Gasteiger partial charge in [0.1, 0.15) is 0 Å². The van der Waals surface area contributed by atoms with Gasteiger partial charge >= 0.3 is 0 Å². The molecule has 0 bridgehead atoms. The quantitative estimate of drug-likeness (QED) is 0.766. The molecule has 0 aliphatic heterocycles. The molecule has 3 heteroatoms. The Kier molecular flexibility index (Phi) is 5.20. The molecule has 0 aromatic carbocycles. The van der Waals surface area contributed by atoms with Gasteiger partial charge in [0.25, 0.3) is 0 Å². The molecule has 1 rings (SSSR count). The van der Waals surface area contributed by atoms with Crippen molar-refractivity contribution < 1.29 is 4.79 Å². The summed E-state index contributed by atoms with van der Waals surface area (Å²) in [6.07, 6.45) is 6.11. The van der Waals surface area contributed by atoms with Gasteiger partial charge in [0.2, 0.25) is 5.91 Å². The van der Waals surface area contributed by atoms with E-state index in [4.69, 9.17) is 5.73 Å². The molecule has 106 valence electrons. The van der Waals surface area contributed by atoms with E-state index in [1.54, 1.807) is 0 Å². The zero-order valence-electron chi connectivity index (χ0n) is 12.5. The topological polar surface area (TPSA) is 55.1 Å². The Bertz CT molecular complexity index is 284. The maximum atomic E-state index is 12.0.